The van der Waals surface area contributed by atoms with Crippen molar-refractivity contribution in [3.05, 3.63) is 18.3 Å². The van der Waals surface area contributed by atoms with Crippen LogP contribution in [-0.4, -0.2) is 42.9 Å². The van der Waals surface area contributed by atoms with Crippen LogP contribution in [0.3, 0.4) is 0 Å². The van der Waals surface area contributed by atoms with Crippen LogP contribution in [0.2, 0.25) is 0 Å². The summed E-state index contributed by atoms with van der Waals surface area (Å²) in [6.07, 6.45) is 3.86. The van der Waals surface area contributed by atoms with Crippen LogP contribution in [0.5, 0.6) is 5.88 Å². The van der Waals surface area contributed by atoms with E-state index in [4.69, 9.17) is 14.2 Å². The number of nitrogens with zero attached hydrogens (tertiary/aromatic N) is 1. The molecule has 0 aliphatic heterocycles. The van der Waals surface area contributed by atoms with Gasteiger partial charge in [0.25, 0.3) is 5.91 Å². The number of hydrogen-bond donors (Lipinski definition) is 1. The molecule has 0 unspecified atom stereocenters. The second-order valence-electron chi connectivity index (χ2n) is 7.92. The van der Waals surface area contributed by atoms with Crippen molar-refractivity contribution in [3.8, 4) is 5.88 Å². The molecule has 0 atom stereocenters. The molecule has 0 aliphatic rings. The van der Waals surface area contributed by atoms with E-state index >= 15 is 0 Å². The lowest BCUT2D eigenvalue weighted by Crippen LogP contribution is -2.47. The predicted molar refractivity (Wildman–Crippen MR) is 113 cm³/mol. The standard InChI is InChI=1S/C22H38N2O4/c1-7-11-28-22(14-17(3)4,15-18(5)6)21(25)24-19-9-10-20(23-16-19)27-13-12-26-8-2/h9-10,16-18H,7-8,11-15H2,1-6H3,(H,24,25). The van der Waals surface area contributed by atoms with Gasteiger partial charge < -0.3 is 19.5 Å². The summed E-state index contributed by atoms with van der Waals surface area (Å²) in [5.41, 5.74) is -0.190. The Balaban J connectivity index is 2.84. The van der Waals surface area contributed by atoms with Crippen LogP contribution in [0.4, 0.5) is 5.69 Å². The average molecular weight is 395 g/mol. The largest absolute Gasteiger partial charge is 0.475 e. The van der Waals surface area contributed by atoms with Crippen molar-refractivity contribution in [2.24, 2.45) is 11.8 Å². The molecule has 28 heavy (non-hydrogen) atoms. The van der Waals surface area contributed by atoms with Crippen molar-refractivity contribution in [1.82, 2.24) is 4.98 Å². The Labute approximate surface area is 170 Å². The summed E-state index contributed by atoms with van der Waals surface area (Å²) in [7, 11) is 0. The van der Waals surface area contributed by atoms with E-state index in [1.54, 1.807) is 18.3 Å². The number of pyridine rings is 1. The molecule has 0 radical (unpaired) electrons. The SMILES string of the molecule is CCCOC(CC(C)C)(CC(C)C)C(=O)Nc1ccc(OCCOCC)nc1. The first-order valence-electron chi connectivity index (χ1n) is 10.4. The molecule has 0 spiro atoms. The lowest BCUT2D eigenvalue weighted by atomic mass is 9.83. The first-order valence-corrected chi connectivity index (χ1v) is 10.4. The Kier molecular flexibility index (Phi) is 11.1. The quantitative estimate of drug-likeness (QED) is 0.464. The Bertz CT molecular complexity index is 548. The Hall–Kier alpha value is -1.66. The van der Waals surface area contributed by atoms with Gasteiger partial charge >= 0.3 is 0 Å². The summed E-state index contributed by atoms with van der Waals surface area (Å²) in [5.74, 6) is 1.10. The number of hydrogen-bond acceptors (Lipinski definition) is 5. The van der Waals surface area contributed by atoms with E-state index in [1.807, 2.05) is 6.92 Å². The maximum Gasteiger partial charge on any atom is 0.256 e. The summed E-state index contributed by atoms with van der Waals surface area (Å²) in [6, 6.07) is 3.55. The van der Waals surface area contributed by atoms with Crippen LogP contribution in [0.1, 0.15) is 60.8 Å². The molecule has 1 aromatic rings. The average Bonchev–Trinajstić information content (AvgIpc) is 2.63. The molecule has 1 rings (SSSR count). The third-order valence-corrected chi connectivity index (χ3v) is 4.15. The molecule has 6 heteroatoms. The van der Waals surface area contributed by atoms with Crippen molar-refractivity contribution >= 4 is 11.6 Å². The summed E-state index contributed by atoms with van der Waals surface area (Å²) in [6.45, 7) is 14.7. The van der Waals surface area contributed by atoms with E-state index in [0.717, 1.165) is 6.42 Å². The Morgan fingerprint density at radius 1 is 1.07 bits per heavy atom. The highest BCUT2D eigenvalue weighted by atomic mass is 16.5. The number of carbonyl (C=O) groups excluding carboxylic acids is 1. The molecular weight excluding hydrogens is 356 g/mol. The van der Waals surface area contributed by atoms with Gasteiger partial charge in [0, 0.05) is 19.3 Å². The molecule has 0 saturated carbocycles. The first kappa shape index (κ1) is 24.4. The molecule has 0 aromatic carbocycles. The third-order valence-electron chi connectivity index (χ3n) is 4.15. The van der Waals surface area contributed by atoms with Gasteiger partial charge in [-0.25, -0.2) is 4.98 Å². The van der Waals surface area contributed by atoms with Crippen LogP contribution in [-0.2, 0) is 14.3 Å². The van der Waals surface area contributed by atoms with E-state index in [-0.39, 0.29) is 5.91 Å². The smallest absolute Gasteiger partial charge is 0.256 e. The van der Waals surface area contributed by atoms with Crippen LogP contribution in [0.25, 0.3) is 0 Å². The predicted octanol–water partition coefficient (Wildman–Crippen LogP) is 4.69. The molecule has 0 aliphatic carbocycles. The van der Waals surface area contributed by atoms with Crippen molar-refractivity contribution < 1.29 is 19.0 Å². The molecule has 160 valence electrons. The molecule has 6 nitrogen and oxygen atoms in total. The van der Waals surface area contributed by atoms with Crippen molar-refractivity contribution in [1.29, 1.82) is 0 Å². The zero-order valence-corrected chi connectivity index (χ0v) is 18.4. The Morgan fingerprint density at radius 3 is 2.25 bits per heavy atom. The molecular formula is C22H38N2O4. The van der Waals surface area contributed by atoms with Gasteiger partial charge in [-0.3, -0.25) is 4.79 Å². The number of ether oxygens (including phenoxy) is 3. The van der Waals surface area contributed by atoms with Crippen LogP contribution >= 0.6 is 0 Å². The highest BCUT2D eigenvalue weighted by Crippen LogP contribution is 2.31. The monoisotopic (exact) mass is 394 g/mol. The number of amides is 1. The highest BCUT2D eigenvalue weighted by molar-refractivity contribution is 5.97. The van der Waals surface area contributed by atoms with Gasteiger partial charge in [0.15, 0.2) is 0 Å². The maximum atomic E-state index is 13.2. The van der Waals surface area contributed by atoms with E-state index in [9.17, 15) is 4.79 Å². The first-order chi connectivity index (χ1) is 13.3. The van der Waals surface area contributed by atoms with Gasteiger partial charge in [-0.2, -0.15) is 0 Å². The molecule has 1 heterocycles. The van der Waals surface area contributed by atoms with Gasteiger partial charge in [-0.05, 0) is 44.1 Å². The summed E-state index contributed by atoms with van der Waals surface area (Å²) in [5, 5.41) is 3.00. The highest BCUT2D eigenvalue weighted by Gasteiger charge is 2.40. The number of aromatic nitrogens is 1. The van der Waals surface area contributed by atoms with Gasteiger partial charge in [0.05, 0.1) is 18.5 Å². The number of anilines is 1. The van der Waals surface area contributed by atoms with E-state index in [2.05, 4.69) is 44.9 Å². The molecule has 0 saturated heterocycles. The van der Waals surface area contributed by atoms with Crippen LogP contribution in [0.15, 0.2) is 18.3 Å². The minimum absolute atomic E-state index is 0.102. The maximum absolute atomic E-state index is 13.2. The van der Waals surface area contributed by atoms with Crippen molar-refractivity contribution in [2.45, 2.75) is 66.4 Å². The fourth-order valence-corrected chi connectivity index (χ4v) is 3.20. The van der Waals surface area contributed by atoms with Gasteiger partial charge in [0.1, 0.15) is 12.2 Å². The topological polar surface area (TPSA) is 69.7 Å². The molecule has 0 bridgehead atoms. The fourth-order valence-electron chi connectivity index (χ4n) is 3.20. The minimum atomic E-state index is -0.828. The molecule has 1 amide bonds. The summed E-state index contributed by atoms with van der Waals surface area (Å²) >= 11 is 0. The number of carbonyl (C=O) groups is 1. The zero-order valence-electron chi connectivity index (χ0n) is 18.4. The number of nitrogens with one attached hydrogen (secondary N) is 1. The lowest BCUT2D eigenvalue weighted by Gasteiger charge is -2.35. The van der Waals surface area contributed by atoms with Crippen molar-refractivity contribution in [3.63, 3.8) is 0 Å². The number of rotatable bonds is 14. The van der Waals surface area contributed by atoms with Gasteiger partial charge in [-0.1, -0.05) is 34.6 Å². The molecule has 1 N–H and O–H groups in total. The summed E-state index contributed by atoms with van der Waals surface area (Å²) in [4.78, 5) is 17.5. The van der Waals surface area contributed by atoms with Crippen molar-refractivity contribution in [2.75, 3.05) is 31.7 Å². The van der Waals surface area contributed by atoms with Gasteiger partial charge in [-0.15, -0.1) is 0 Å². The molecule has 0 fully saturated rings. The molecule has 1 aromatic heterocycles. The Morgan fingerprint density at radius 2 is 1.75 bits per heavy atom. The lowest BCUT2D eigenvalue weighted by molar-refractivity contribution is -0.147. The third kappa shape index (κ3) is 8.57. The fraction of sp³-hybridized carbons (Fsp3) is 0.727. The van der Waals surface area contributed by atoms with Crippen LogP contribution in [0, 0.1) is 11.8 Å². The minimum Gasteiger partial charge on any atom is -0.475 e. The zero-order chi connectivity index (χ0) is 21.0. The summed E-state index contributed by atoms with van der Waals surface area (Å²) < 4.78 is 16.9. The van der Waals surface area contributed by atoms with E-state index < -0.39 is 5.60 Å². The van der Waals surface area contributed by atoms with Crippen LogP contribution < -0.4 is 10.1 Å². The second-order valence-corrected chi connectivity index (χ2v) is 7.92. The van der Waals surface area contributed by atoms with Gasteiger partial charge in [0.2, 0.25) is 5.88 Å². The van der Waals surface area contributed by atoms with E-state index in [0.29, 0.717) is 62.7 Å². The van der Waals surface area contributed by atoms with E-state index in [1.165, 1.54) is 0 Å². The normalized spacial score (nSPS) is 11.9. The second kappa shape index (κ2) is 12.7.